The monoisotopic (exact) mass is 277 g/mol. The molecule has 3 N–H and O–H groups in total. The number of hydrogen-bond donors (Lipinski definition) is 3. The van der Waals surface area contributed by atoms with Gasteiger partial charge < -0.3 is 15.5 Å². The summed E-state index contributed by atoms with van der Waals surface area (Å²) in [6.07, 6.45) is 5.76. The molecular weight excluding hydrogens is 254 g/mol. The first kappa shape index (κ1) is 14.9. The number of aromatic hydroxyl groups is 1. The zero-order valence-electron chi connectivity index (χ0n) is 12.0. The molecular formula is C16H23NO3. The number of hydrogen-bond acceptors (Lipinski definition) is 3. The van der Waals surface area contributed by atoms with Gasteiger partial charge in [0, 0.05) is 6.54 Å². The summed E-state index contributed by atoms with van der Waals surface area (Å²) in [5.41, 5.74) is 0.384. The van der Waals surface area contributed by atoms with Crippen LogP contribution in [0.15, 0.2) is 18.2 Å². The summed E-state index contributed by atoms with van der Waals surface area (Å²) in [6.45, 7) is 2.12. The van der Waals surface area contributed by atoms with E-state index in [-0.39, 0.29) is 23.8 Å². The summed E-state index contributed by atoms with van der Waals surface area (Å²) in [4.78, 5) is 12.1. The molecule has 1 amide bonds. The predicted octanol–water partition coefficient (Wildman–Crippen LogP) is 2.52. The molecule has 4 nitrogen and oxygen atoms in total. The SMILES string of the molecule is Cc1ccc(O)c(C(=O)NCC2(O)CCCCCC2)c1. The molecule has 1 saturated carbocycles. The number of carbonyl (C=O) groups excluding carboxylic acids is 1. The molecule has 0 heterocycles. The predicted molar refractivity (Wildman–Crippen MR) is 77.8 cm³/mol. The van der Waals surface area contributed by atoms with E-state index in [9.17, 15) is 15.0 Å². The van der Waals surface area contributed by atoms with E-state index in [0.29, 0.717) is 0 Å². The lowest BCUT2D eigenvalue weighted by Crippen LogP contribution is -2.42. The van der Waals surface area contributed by atoms with E-state index < -0.39 is 5.60 Å². The number of phenolic OH excluding ortho intramolecular Hbond substituents is 1. The maximum atomic E-state index is 12.1. The van der Waals surface area contributed by atoms with Crippen LogP contribution in [0.5, 0.6) is 5.75 Å². The van der Waals surface area contributed by atoms with Crippen LogP contribution < -0.4 is 5.32 Å². The smallest absolute Gasteiger partial charge is 0.255 e. The van der Waals surface area contributed by atoms with E-state index in [1.807, 2.05) is 6.92 Å². The van der Waals surface area contributed by atoms with Crippen molar-refractivity contribution >= 4 is 5.91 Å². The quantitative estimate of drug-likeness (QED) is 0.744. The van der Waals surface area contributed by atoms with E-state index in [4.69, 9.17) is 0 Å². The molecule has 1 aliphatic carbocycles. The van der Waals surface area contributed by atoms with Gasteiger partial charge in [-0.15, -0.1) is 0 Å². The molecule has 0 atom stereocenters. The second kappa shape index (κ2) is 6.27. The van der Waals surface area contributed by atoms with Crippen molar-refractivity contribution in [2.75, 3.05) is 6.54 Å². The van der Waals surface area contributed by atoms with Gasteiger partial charge in [0.1, 0.15) is 5.75 Å². The summed E-state index contributed by atoms with van der Waals surface area (Å²) < 4.78 is 0. The maximum Gasteiger partial charge on any atom is 0.255 e. The van der Waals surface area contributed by atoms with Gasteiger partial charge in [-0.05, 0) is 31.9 Å². The second-order valence-corrected chi connectivity index (χ2v) is 5.84. The second-order valence-electron chi connectivity index (χ2n) is 5.84. The zero-order valence-corrected chi connectivity index (χ0v) is 12.0. The Labute approximate surface area is 119 Å². The highest BCUT2D eigenvalue weighted by Crippen LogP contribution is 2.26. The Kier molecular flexibility index (Phi) is 4.65. The summed E-state index contributed by atoms with van der Waals surface area (Å²) in [6, 6.07) is 4.93. The Morgan fingerprint density at radius 2 is 1.90 bits per heavy atom. The first-order valence-corrected chi connectivity index (χ1v) is 7.30. The summed E-state index contributed by atoms with van der Waals surface area (Å²) in [5.74, 6) is -0.357. The number of amides is 1. The van der Waals surface area contributed by atoms with Gasteiger partial charge in [-0.2, -0.15) is 0 Å². The molecule has 110 valence electrons. The first-order chi connectivity index (χ1) is 9.50. The van der Waals surface area contributed by atoms with E-state index >= 15 is 0 Å². The molecule has 0 bridgehead atoms. The third kappa shape index (κ3) is 3.73. The highest BCUT2D eigenvalue weighted by molar-refractivity contribution is 5.97. The van der Waals surface area contributed by atoms with E-state index in [1.54, 1.807) is 12.1 Å². The van der Waals surface area contributed by atoms with E-state index in [0.717, 1.165) is 44.1 Å². The normalized spacial score (nSPS) is 18.3. The summed E-state index contributed by atoms with van der Waals surface area (Å²) >= 11 is 0. The molecule has 2 rings (SSSR count). The summed E-state index contributed by atoms with van der Waals surface area (Å²) in [5, 5.41) is 23.0. The van der Waals surface area contributed by atoms with Gasteiger partial charge in [-0.25, -0.2) is 0 Å². The van der Waals surface area contributed by atoms with Gasteiger partial charge in [-0.3, -0.25) is 4.79 Å². The average molecular weight is 277 g/mol. The lowest BCUT2D eigenvalue weighted by molar-refractivity contribution is 0.0246. The third-order valence-electron chi connectivity index (χ3n) is 4.01. The highest BCUT2D eigenvalue weighted by atomic mass is 16.3. The van der Waals surface area contributed by atoms with Crippen molar-refractivity contribution in [2.24, 2.45) is 0 Å². The molecule has 0 saturated heterocycles. The lowest BCUT2D eigenvalue weighted by atomic mass is 9.94. The number of benzene rings is 1. The fraction of sp³-hybridized carbons (Fsp3) is 0.562. The number of rotatable bonds is 3. The minimum atomic E-state index is -0.800. The van der Waals surface area contributed by atoms with Crippen molar-refractivity contribution in [2.45, 2.75) is 51.0 Å². The van der Waals surface area contributed by atoms with Gasteiger partial charge in [-0.1, -0.05) is 37.3 Å². The zero-order chi connectivity index (χ0) is 14.6. The van der Waals surface area contributed by atoms with Crippen LogP contribution in [0.2, 0.25) is 0 Å². The van der Waals surface area contributed by atoms with Crippen LogP contribution in [0.4, 0.5) is 0 Å². The average Bonchev–Trinajstić information content (AvgIpc) is 2.64. The molecule has 0 spiro atoms. The molecule has 1 fully saturated rings. The van der Waals surface area contributed by atoms with Crippen molar-refractivity contribution in [3.05, 3.63) is 29.3 Å². The van der Waals surface area contributed by atoms with Crippen LogP contribution >= 0.6 is 0 Å². The topological polar surface area (TPSA) is 69.6 Å². The Morgan fingerprint density at radius 3 is 2.55 bits per heavy atom. The highest BCUT2D eigenvalue weighted by Gasteiger charge is 2.28. The van der Waals surface area contributed by atoms with Crippen molar-refractivity contribution in [1.29, 1.82) is 0 Å². The van der Waals surface area contributed by atoms with E-state index in [1.165, 1.54) is 6.07 Å². The minimum absolute atomic E-state index is 0.0269. The number of carbonyl (C=O) groups is 1. The molecule has 0 unspecified atom stereocenters. The van der Waals surface area contributed by atoms with Gasteiger partial charge >= 0.3 is 0 Å². The number of aliphatic hydroxyl groups is 1. The molecule has 1 aromatic rings. The molecule has 4 heteroatoms. The Hall–Kier alpha value is -1.55. The molecule has 1 aliphatic rings. The van der Waals surface area contributed by atoms with Crippen LogP contribution in [0.3, 0.4) is 0 Å². The molecule has 0 aliphatic heterocycles. The van der Waals surface area contributed by atoms with Crippen LogP contribution in [0.25, 0.3) is 0 Å². The van der Waals surface area contributed by atoms with Gasteiger partial charge in [0.05, 0.1) is 11.2 Å². The largest absolute Gasteiger partial charge is 0.507 e. The van der Waals surface area contributed by atoms with Crippen LogP contribution in [0, 0.1) is 6.92 Å². The Bertz CT molecular complexity index is 477. The lowest BCUT2D eigenvalue weighted by Gasteiger charge is -2.26. The molecule has 20 heavy (non-hydrogen) atoms. The van der Waals surface area contributed by atoms with Gasteiger partial charge in [0.25, 0.3) is 5.91 Å². The first-order valence-electron chi connectivity index (χ1n) is 7.30. The van der Waals surface area contributed by atoms with Crippen LogP contribution in [-0.4, -0.2) is 28.3 Å². The fourth-order valence-electron chi connectivity index (χ4n) is 2.74. The third-order valence-corrected chi connectivity index (χ3v) is 4.01. The molecule has 0 aromatic heterocycles. The summed E-state index contributed by atoms with van der Waals surface area (Å²) in [7, 11) is 0. The number of aryl methyl sites for hydroxylation is 1. The van der Waals surface area contributed by atoms with Gasteiger partial charge in [0.15, 0.2) is 0 Å². The number of phenols is 1. The fourth-order valence-corrected chi connectivity index (χ4v) is 2.74. The van der Waals surface area contributed by atoms with Crippen molar-refractivity contribution < 1.29 is 15.0 Å². The van der Waals surface area contributed by atoms with Crippen molar-refractivity contribution in [3.8, 4) is 5.75 Å². The van der Waals surface area contributed by atoms with Gasteiger partial charge in [0.2, 0.25) is 0 Å². The van der Waals surface area contributed by atoms with Crippen LogP contribution in [-0.2, 0) is 0 Å². The number of nitrogens with one attached hydrogen (secondary N) is 1. The Balaban J connectivity index is 1.99. The molecule has 0 radical (unpaired) electrons. The maximum absolute atomic E-state index is 12.1. The van der Waals surface area contributed by atoms with Crippen molar-refractivity contribution in [3.63, 3.8) is 0 Å². The minimum Gasteiger partial charge on any atom is -0.507 e. The van der Waals surface area contributed by atoms with Crippen molar-refractivity contribution in [1.82, 2.24) is 5.32 Å². The van der Waals surface area contributed by atoms with E-state index in [2.05, 4.69) is 5.32 Å². The standard InChI is InChI=1S/C16H23NO3/c1-12-6-7-14(18)13(10-12)15(19)17-11-16(20)8-4-2-3-5-9-16/h6-7,10,18,20H,2-5,8-9,11H2,1H3,(H,17,19). The molecule has 1 aromatic carbocycles. The Morgan fingerprint density at radius 1 is 1.25 bits per heavy atom. The van der Waals surface area contributed by atoms with Crippen LogP contribution in [0.1, 0.15) is 54.4 Å².